The molecule has 0 aromatic heterocycles. The van der Waals surface area contributed by atoms with Gasteiger partial charge in [0.15, 0.2) is 0 Å². The van der Waals surface area contributed by atoms with Gasteiger partial charge in [-0.15, -0.1) is 24.2 Å². The van der Waals surface area contributed by atoms with Crippen LogP contribution in [0.4, 0.5) is 5.69 Å². The number of fused-ring (bicyclic) bond motifs is 3. The molecule has 0 saturated carbocycles. The number of benzene rings is 2. The summed E-state index contributed by atoms with van der Waals surface area (Å²) in [5, 5.41) is 0. The summed E-state index contributed by atoms with van der Waals surface area (Å²) < 4.78 is 0. The Morgan fingerprint density at radius 1 is 0.966 bits per heavy atom. The normalized spacial score (nSPS) is 19.7. The second-order valence-corrected chi connectivity index (χ2v) is 9.09. The van der Waals surface area contributed by atoms with Crippen LogP contribution in [-0.4, -0.2) is 42.7 Å². The third-order valence-electron chi connectivity index (χ3n) is 6.49. The first kappa shape index (κ1) is 20.5. The van der Waals surface area contributed by atoms with Gasteiger partial charge in [-0.05, 0) is 62.2 Å². The van der Waals surface area contributed by atoms with Crippen LogP contribution in [0.1, 0.15) is 30.4 Å². The average molecular weight is 427 g/mol. The number of likely N-dealkylation sites (tertiary alicyclic amines) is 1. The Bertz CT molecular complexity index is 921. The molecule has 0 bridgehead atoms. The van der Waals surface area contributed by atoms with Gasteiger partial charge in [-0.25, -0.2) is 0 Å². The van der Waals surface area contributed by atoms with E-state index >= 15 is 0 Å². The molecule has 1 amide bonds. The lowest BCUT2D eigenvalue weighted by molar-refractivity contribution is -0.116. The van der Waals surface area contributed by atoms with Gasteiger partial charge in [-0.1, -0.05) is 48.6 Å². The molecular formula is C24H27ClN2OS. The third kappa shape index (κ3) is 3.86. The quantitative estimate of drug-likeness (QED) is 0.687. The van der Waals surface area contributed by atoms with Gasteiger partial charge in [-0.3, -0.25) is 4.79 Å². The van der Waals surface area contributed by atoms with Gasteiger partial charge in [0.1, 0.15) is 0 Å². The number of carbonyl (C=O) groups is 1. The van der Waals surface area contributed by atoms with E-state index in [9.17, 15) is 4.79 Å². The zero-order valence-electron chi connectivity index (χ0n) is 16.5. The molecule has 29 heavy (non-hydrogen) atoms. The summed E-state index contributed by atoms with van der Waals surface area (Å²) in [6, 6.07) is 17.1. The number of piperidine rings is 1. The lowest BCUT2D eigenvalue weighted by Gasteiger charge is -2.39. The van der Waals surface area contributed by atoms with E-state index in [-0.39, 0.29) is 23.7 Å². The van der Waals surface area contributed by atoms with Crippen molar-refractivity contribution >= 4 is 41.8 Å². The molecule has 1 aliphatic carbocycles. The summed E-state index contributed by atoms with van der Waals surface area (Å²) in [7, 11) is 0. The molecule has 0 N–H and O–H groups in total. The predicted octanol–water partition coefficient (Wildman–Crippen LogP) is 5.00. The van der Waals surface area contributed by atoms with Crippen LogP contribution in [0.15, 0.2) is 59.5 Å². The number of thioether (sulfide) groups is 1. The van der Waals surface area contributed by atoms with Crippen molar-refractivity contribution in [2.45, 2.75) is 29.6 Å². The van der Waals surface area contributed by atoms with Crippen molar-refractivity contribution in [2.24, 2.45) is 0 Å². The molecule has 1 spiro atoms. The van der Waals surface area contributed by atoms with Crippen LogP contribution in [0.5, 0.6) is 0 Å². The summed E-state index contributed by atoms with van der Waals surface area (Å²) in [5.41, 5.74) is 4.26. The van der Waals surface area contributed by atoms with Gasteiger partial charge < -0.3 is 9.80 Å². The van der Waals surface area contributed by atoms with Gasteiger partial charge in [0.05, 0.1) is 11.4 Å². The molecule has 2 aromatic carbocycles. The molecule has 0 unspecified atom stereocenters. The number of nitrogens with zero attached hydrogens (tertiary/aromatic N) is 2. The molecule has 5 rings (SSSR count). The average Bonchev–Trinajstić information content (AvgIpc) is 3.10. The van der Waals surface area contributed by atoms with Crippen LogP contribution < -0.4 is 4.90 Å². The van der Waals surface area contributed by atoms with Crippen molar-refractivity contribution in [3.05, 3.63) is 65.7 Å². The van der Waals surface area contributed by atoms with Crippen LogP contribution in [0.25, 0.3) is 6.08 Å². The molecule has 1 saturated heterocycles. The van der Waals surface area contributed by atoms with Gasteiger partial charge in [0.2, 0.25) is 5.91 Å². The minimum absolute atomic E-state index is 0. The van der Waals surface area contributed by atoms with E-state index in [1.54, 1.807) is 11.8 Å². The summed E-state index contributed by atoms with van der Waals surface area (Å²) in [4.78, 5) is 18.2. The standard InChI is InChI=1S/C24H26N2OS.ClH/c27-23-18-28-22-9-4-3-8-21(22)26(23)15-5-14-25-16-12-24(13-17-25)11-10-19-6-1-2-7-20(19)24;/h1-4,6-11H,5,12-18H2;1H. The number of rotatable bonds is 4. The first-order valence-electron chi connectivity index (χ1n) is 10.3. The summed E-state index contributed by atoms with van der Waals surface area (Å²) >= 11 is 1.66. The van der Waals surface area contributed by atoms with Crippen molar-refractivity contribution in [1.82, 2.24) is 4.90 Å². The molecule has 0 atom stereocenters. The van der Waals surface area contributed by atoms with Crippen LogP contribution in [0.3, 0.4) is 0 Å². The second-order valence-electron chi connectivity index (χ2n) is 8.07. The SMILES string of the molecule is Cl.O=C1CSc2ccccc2N1CCCN1CCC2(C=Cc3ccccc32)CC1. The Morgan fingerprint density at radius 2 is 1.72 bits per heavy atom. The zero-order chi connectivity index (χ0) is 19.0. The highest BCUT2D eigenvalue weighted by Crippen LogP contribution is 2.43. The maximum absolute atomic E-state index is 12.4. The van der Waals surface area contributed by atoms with E-state index in [1.807, 2.05) is 11.0 Å². The van der Waals surface area contributed by atoms with Crippen molar-refractivity contribution in [2.75, 3.05) is 36.8 Å². The van der Waals surface area contributed by atoms with Crippen molar-refractivity contribution < 1.29 is 4.79 Å². The minimum atomic E-state index is 0. The van der Waals surface area contributed by atoms with Gasteiger partial charge >= 0.3 is 0 Å². The Morgan fingerprint density at radius 3 is 2.59 bits per heavy atom. The number of hydrogen-bond acceptors (Lipinski definition) is 3. The topological polar surface area (TPSA) is 23.6 Å². The van der Waals surface area contributed by atoms with E-state index in [0.29, 0.717) is 5.75 Å². The Labute approximate surface area is 183 Å². The van der Waals surface area contributed by atoms with E-state index in [2.05, 4.69) is 59.5 Å². The number of halogens is 1. The Kier molecular flexibility index (Phi) is 6.05. The number of anilines is 1. The third-order valence-corrected chi connectivity index (χ3v) is 7.54. The van der Waals surface area contributed by atoms with Crippen molar-refractivity contribution in [1.29, 1.82) is 0 Å². The van der Waals surface area contributed by atoms with E-state index in [0.717, 1.165) is 38.3 Å². The molecule has 152 valence electrons. The Hall–Kier alpha value is -1.75. The molecule has 0 radical (unpaired) electrons. The molecule has 5 heteroatoms. The van der Waals surface area contributed by atoms with Crippen molar-refractivity contribution in [3.63, 3.8) is 0 Å². The van der Waals surface area contributed by atoms with Gasteiger partial charge in [0.25, 0.3) is 0 Å². The maximum Gasteiger partial charge on any atom is 0.237 e. The molecule has 3 nitrogen and oxygen atoms in total. The number of para-hydroxylation sites is 1. The van der Waals surface area contributed by atoms with E-state index in [4.69, 9.17) is 0 Å². The summed E-state index contributed by atoms with van der Waals surface area (Å²) in [6.07, 6.45) is 8.17. The lowest BCUT2D eigenvalue weighted by Crippen LogP contribution is -2.42. The highest BCUT2D eigenvalue weighted by atomic mass is 35.5. The number of carbonyl (C=O) groups excluding carboxylic acids is 1. The first-order chi connectivity index (χ1) is 13.8. The van der Waals surface area contributed by atoms with Crippen LogP contribution in [0.2, 0.25) is 0 Å². The number of amides is 1. The predicted molar refractivity (Wildman–Crippen MR) is 124 cm³/mol. The first-order valence-corrected chi connectivity index (χ1v) is 11.3. The smallest absolute Gasteiger partial charge is 0.237 e. The molecule has 2 heterocycles. The largest absolute Gasteiger partial charge is 0.311 e. The maximum atomic E-state index is 12.4. The molecule has 2 aliphatic heterocycles. The molecule has 1 fully saturated rings. The van der Waals surface area contributed by atoms with E-state index < -0.39 is 0 Å². The lowest BCUT2D eigenvalue weighted by atomic mass is 9.74. The van der Waals surface area contributed by atoms with Crippen molar-refractivity contribution in [3.8, 4) is 0 Å². The fraction of sp³-hybridized carbons (Fsp3) is 0.375. The fourth-order valence-corrected chi connectivity index (χ4v) is 5.83. The summed E-state index contributed by atoms with van der Waals surface area (Å²) in [5.74, 6) is 0.809. The van der Waals surface area contributed by atoms with E-state index in [1.165, 1.54) is 28.9 Å². The Balaban J connectivity index is 0.00000205. The zero-order valence-corrected chi connectivity index (χ0v) is 18.2. The fourth-order valence-electron chi connectivity index (χ4n) is 4.90. The van der Waals surface area contributed by atoms with Crippen LogP contribution in [-0.2, 0) is 10.2 Å². The molecular weight excluding hydrogens is 400 g/mol. The minimum Gasteiger partial charge on any atom is -0.311 e. The van der Waals surface area contributed by atoms with Gasteiger partial charge in [-0.2, -0.15) is 0 Å². The number of allylic oxidation sites excluding steroid dienone is 1. The highest BCUT2D eigenvalue weighted by molar-refractivity contribution is 8.00. The highest BCUT2D eigenvalue weighted by Gasteiger charge is 2.37. The molecule has 3 aliphatic rings. The van der Waals surface area contributed by atoms with Gasteiger partial charge in [0, 0.05) is 16.9 Å². The number of hydrogen-bond donors (Lipinski definition) is 0. The second kappa shape index (κ2) is 8.55. The summed E-state index contributed by atoms with van der Waals surface area (Å²) in [6.45, 7) is 4.17. The van der Waals surface area contributed by atoms with Crippen LogP contribution >= 0.6 is 24.2 Å². The molecule has 2 aromatic rings. The monoisotopic (exact) mass is 426 g/mol. The van der Waals surface area contributed by atoms with Crippen LogP contribution in [0, 0.1) is 0 Å².